The zero-order valence-corrected chi connectivity index (χ0v) is 11.2. The van der Waals surface area contributed by atoms with Gasteiger partial charge in [0.25, 0.3) is 0 Å². The molecular weight excluding hydrogens is 247 g/mol. The summed E-state index contributed by atoms with van der Waals surface area (Å²) in [6, 6.07) is 6.26. The molecule has 0 saturated carbocycles. The van der Waals surface area contributed by atoms with Gasteiger partial charge in [-0.2, -0.15) is 4.98 Å². The summed E-state index contributed by atoms with van der Waals surface area (Å²) in [5, 5.41) is 13.6. The van der Waals surface area contributed by atoms with Gasteiger partial charge in [0.05, 0.1) is 17.6 Å². The van der Waals surface area contributed by atoms with Crippen LogP contribution in [0.2, 0.25) is 0 Å². The first-order chi connectivity index (χ1) is 9.00. The molecule has 102 valence electrons. The molecule has 2 rings (SSSR count). The van der Waals surface area contributed by atoms with Gasteiger partial charge in [0.2, 0.25) is 11.7 Å². The molecule has 0 fully saturated rings. The Bertz CT molecular complexity index is 544. The van der Waals surface area contributed by atoms with E-state index < -0.39 is 11.9 Å². The zero-order valence-electron chi connectivity index (χ0n) is 11.2. The normalized spacial score (nSPS) is 14.6. The molecule has 0 aliphatic carbocycles. The van der Waals surface area contributed by atoms with E-state index in [0.717, 1.165) is 0 Å². The highest BCUT2D eigenvalue weighted by Crippen LogP contribution is 2.29. The third kappa shape index (κ3) is 2.81. The molecule has 1 heterocycles. The monoisotopic (exact) mass is 264 g/mol. The number of nitrogens with zero attached hydrogens (tertiary/aromatic N) is 2. The minimum atomic E-state index is -0.603. The van der Waals surface area contributed by atoms with E-state index in [9.17, 15) is 9.50 Å². The summed E-state index contributed by atoms with van der Waals surface area (Å²) in [7, 11) is 0. The number of rotatable bonds is 4. The summed E-state index contributed by atoms with van der Waals surface area (Å²) in [4.78, 5) is 4.21. The summed E-state index contributed by atoms with van der Waals surface area (Å²) < 4.78 is 18.8. The average Bonchev–Trinajstić information content (AvgIpc) is 2.77. The third-order valence-electron chi connectivity index (χ3n) is 3.08. The number of aliphatic hydroxyl groups excluding tert-OH is 1. The van der Waals surface area contributed by atoms with Gasteiger partial charge in [-0.15, -0.1) is 0 Å². The fourth-order valence-electron chi connectivity index (χ4n) is 2.17. The molecular formula is C14H17FN2O2. The van der Waals surface area contributed by atoms with E-state index in [1.165, 1.54) is 6.07 Å². The van der Waals surface area contributed by atoms with Crippen LogP contribution in [0.4, 0.5) is 4.39 Å². The van der Waals surface area contributed by atoms with Crippen molar-refractivity contribution in [2.75, 3.05) is 0 Å². The van der Waals surface area contributed by atoms with Crippen LogP contribution in [0.25, 0.3) is 11.4 Å². The summed E-state index contributed by atoms with van der Waals surface area (Å²) in [6.45, 7) is 5.60. The Morgan fingerprint density at radius 1 is 1.21 bits per heavy atom. The van der Waals surface area contributed by atoms with Gasteiger partial charge >= 0.3 is 0 Å². The van der Waals surface area contributed by atoms with Crippen LogP contribution in [0.1, 0.15) is 32.6 Å². The van der Waals surface area contributed by atoms with Crippen molar-refractivity contribution in [3.63, 3.8) is 0 Å². The van der Waals surface area contributed by atoms with Crippen molar-refractivity contribution >= 4 is 0 Å². The van der Waals surface area contributed by atoms with Gasteiger partial charge in [0.15, 0.2) is 0 Å². The zero-order chi connectivity index (χ0) is 14.0. The van der Waals surface area contributed by atoms with Crippen LogP contribution in [0.15, 0.2) is 28.8 Å². The molecule has 0 bridgehead atoms. The maximum Gasteiger partial charge on any atom is 0.232 e. The molecule has 19 heavy (non-hydrogen) atoms. The molecule has 4 nitrogen and oxygen atoms in total. The van der Waals surface area contributed by atoms with Gasteiger partial charge in [-0.3, -0.25) is 0 Å². The Kier molecular flexibility index (Phi) is 3.95. The predicted molar refractivity (Wildman–Crippen MR) is 69.0 cm³/mol. The quantitative estimate of drug-likeness (QED) is 0.922. The van der Waals surface area contributed by atoms with Crippen LogP contribution in [0, 0.1) is 11.7 Å². The molecule has 2 atom stereocenters. The third-order valence-corrected chi connectivity index (χ3v) is 3.08. The van der Waals surface area contributed by atoms with E-state index >= 15 is 0 Å². The Morgan fingerprint density at radius 3 is 2.47 bits per heavy atom. The Morgan fingerprint density at radius 2 is 1.89 bits per heavy atom. The smallest absolute Gasteiger partial charge is 0.232 e. The second kappa shape index (κ2) is 5.48. The van der Waals surface area contributed by atoms with Gasteiger partial charge in [-0.05, 0) is 25.0 Å². The van der Waals surface area contributed by atoms with E-state index in [1.807, 2.05) is 13.8 Å². The highest BCUT2D eigenvalue weighted by Gasteiger charge is 2.27. The van der Waals surface area contributed by atoms with Crippen molar-refractivity contribution in [1.82, 2.24) is 10.1 Å². The fraction of sp³-hybridized carbons (Fsp3) is 0.429. The maximum absolute atomic E-state index is 13.6. The number of aliphatic hydroxyl groups is 1. The lowest BCUT2D eigenvalue weighted by molar-refractivity contribution is 0.120. The van der Waals surface area contributed by atoms with Crippen molar-refractivity contribution in [3.05, 3.63) is 36.0 Å². The standard InChI is InChI=1S/C14H17FN2O2/c1-8(2)12(9(3)18)14-16-13(17-19-14)10-6-4-5-7-11(10)15/h4-9,12,18H,1-3H3. The second-order valence-electron chi connectivity index (χ2n) is 4.95. The second-order valence-corrected chi connectivity index (χ2v) is 4.95. The van der Waals surface area contributed by atoms with Crippen molar-refractivity contribution < 1.29 is 14.0 Å². The molecule has 1 aromatic carbocycles. The lowest BCUT2D eigenvalue weighted by Crippen LogP contribution is -2.20. The van der Waals surface area contributed by atoms with Crippen molar-refractivity contribution in [2.24, 2.45) is 5.92 Å². The SMILES string of the molecule is CC(C)C(c1nc(-c2ccccc2F)no1)C(C)O. The van der Waals surface area contributed by atoms with E-state index in [-0.39, 0.29) is 17.7 Å². The van der Waals surface area contributed by atoms with E-state index in [0.29, 0.717) is 11.5 Å². The molecule has 0 aliphatic rings. The van der Waals surface area contributed by atoms with Crippen molar-refractivity contribution in [3.8, 4) is 11.4 Å². The lowest BCUT2D eigenvalue weighted by atomic mass is 9.91. The first kappa shape index (κ1) is 13.7. The molecule has 2 unspecified atom stereocenters. The van der Waals surface area contributed by atoms with Crippen LogP contribution >= 0.6 is 0 Å². The molecule has 2 aromatic rings. The molecule has 0 spiro atoms. The van der Waals surface area contributed by atoms with Crippen molar-refractivity contribution in [2.45, 2.75) is 32.8 Å². The first-order valence-corrected chi connectivity index (χ1v) is 6.27. The van der Waals surface area contributed by atoms with Gasteiger partial charge < -0.3 is 9.63 Å². The number of benzene rings is 1. The summed E-state index contributed by atoms with van der Waals surface area (Å²) in [5.41, 5.74) is 0.297. The molecule has 1 aromatic heterocycles. The Hall–Kier alpha value is -1.75. The summed E-state index contributed by atoms with van der Waals surface area (Å²) >= 11 is 0. The van der Waals surface area contributed by atoms with Gasteiger partial charge in [0, 0.05) is 0 Å². The molecule has 0 saturated heterocycles. The molecule has 0 radical (unpaired) electrons. The molecule has 0 aliphatic heterocycles. The van der Waals surface area contributed by atoms with Crippen LogP contribution in [-0.2, 0) is 0 Å². The predicted octanol–water partition coefficient (Wildman–Crippen LogP) is 3.00. The highest BCUT2D eigenvalue weighted by atomic mass is 19.1. The minimum Gasteiger partial charge on any atom is -0.393 e. The molecule has 1 N–H and O–H groups in total. The maximum atomic E-state index is 13.6. The highest BCUT2D eigenvalue weighted by molar-refractivity contribution is 5.54. The summed E-state index contributed by atoms with van der Waals surface area (Å²) in [5.74, 6) is 0.0394. The number of halogens is 1. The van der Waals surface area contributed by atoms with E-state index in [2.05, 4.69) is 10.1 Å². The van der Waals surface area contributed by atoms with Gasteiger partial charge in [0.1, 0.15) is 5.82 Å². The summed E-state index contributed by atoms with van der Waals surface area (Å²) in [6.07, 6.45) is -0.603. The van der Waals surface area contributed by atoms with Crippen LogP contribution < -0.4 is 0 Å². The Balaban J connectivity index is 2.36. The number of hydrogen-bond acceptors (Lipinski definition) is 4. The first-order valence-electron chi connectivity index (χ1n) is 6.27. The van der Waals surface area contributed by atoms with Crippen LogP contribution in [0.3, 0.4) is 0 Å². The van der Waals surface area contributed by atoms with Crippen LogP contribution in [0.5, 0.6) is 0 Å². The number of aromatic nitrogens is 2. The van der Waals surface area contributed by atoms with Gasteiger partial charge in [-0.25, -0.2) is 4.39 Å². The van der Waals surface area contributed by atoms with Crippen LogP contribution in [-0.4, -0.2) is 21.4 Å². The number of hydrogen-bond donors (Lipinski definition) is 1. The largest absolute Gasteiger partial charge is 0.393 e. The fourth-order valence-corrected chi connectivity index (χ4v) is 2.17. The average molecular weight is 264 g/mol. The molecule has 5 heteroatoms. The van der Waals surface area contributed by atoms with Crippen molar-refractivity contribution in [1.29, 1.82) is 0 Å². The minimum absolute atomic E-state index is 0.147. The Labute approximate surface area is 111 Å². The lowest BCUT2D eigenvalue weighted by Gasteiger charge is -2.19. The van der Waals surface area contributed by atoms with E-state index in [1.54, 1.807) is 25.1 Å². The van der Waals surface area contributed by atoms with E-state index in [4.69, 9.17) is 4.52 Å². The molecule has 0 amide bonds. The topological polar surface area (TPSA) is 59.2 Å². The van der Waals surface area contributed by atoms with Gasteiger partial charge in [-0.1, -0.05) is 31.1 Å².